The van der Waals surface area contributed by atoms with Gasteiger partial charge in [0.2, 0.25) is 17.7 Å². The minimum atomic E-state index is -0.861. The first-order chi connectivity index (χ1) is 14.4. The second kappa shape index (κ2) is 8.05. The lowest BCUT2D eigenvalue weighted by Gasteiger charge is -2.27. The number of anilines is 1. The monoisotopic (exact) mass is 409 g/mol. The van der Waals surface area contributed by atoms with Crippen molar-refractivity contribution in [3.8, 4) is 0 Å². The number of nitrogens with one attached hydrogen (secondary N) is 2. The minimum absolute atomic E-state index is 0.122. The molecular formula is C23H27N3O4. The van der Waals surface area contributed by atoms with Crippen LogP contribution in [-0.2, 0) is 20.8 Å². The molecule has 30 heavy (non-hydrogen) atoms. The quantitative estimate of drug-likeness (QED) is 0.576. The van der Waals surface area contributed by atoms with Gasteiger partial charge in [-0.1, -0.05) is 32.1 Å². The summed E-state index contributed by atoms with van der Waals surface area (Å²) in [6, 6.07) is 4.40. The molecule has 1 aromatic carbocycles. The van der Waals surface area contributed by atoms with Gasteiger partial charge in [-0.2, -0.15) is 0 Å². The van der Waals surface area contributed by atoms with Gasteiger partial charge in [0.15, 0.2) is 0 Å². The zero-order chi connectivity index (χ0) is 21.4. The largest absolute Gasteiger partial charge is 0.352 e. The lowest BCUT2D eigenvalue weighted by atomic mass is 9.85. The summed E-state index contributed by atoms with van der Waals surface area (Å²) in [5.74, 6) is -1.66. The van der Waals surface area contributed by atoms with Crippen molar-refractivity contribution < 1.29 is 19.2 Å². The molecule has 4 amide bonds. The highest BCUT2D eigenvalue weighted by Crippen LogP contribution is 2.37. The molecule has 0 aromatic heterocycles. The second-order valence-corrected chi connectivity index (χ2v) is 8.71. The molecule has 7 heteroatoms. The van der Waals surface area contributed by atoms with Crippen LogP contribution in [0, 0.1) is 17.8 Å². The standard InChI is InChI=1S/C23H27N3O4/c1-13(2)11-19(26-22(29)16-5-3-4-6-17(16)23(26)30)21(28)25-15-8-7-14-9-10-24-20(27)18(14)12-15/h3-4,7-8,12-13,16-17,19H,5-6,9-11H2,1-2H3,(H,24,27)(H,25,28)/t16-,17+,19-/m1/s1. The Bertz CT molecular complexity index is 910. The summed E-state index contributed by atoms with van der Waals surface area (Å²) in [6.45, 7) is 4.52. The van der Waals surface area contributed by atoms with Crippen LogP contribution in [0.4, 0.5) is 5.69 Å². The second-order valence-electron chi connectivity index (χ2n) is 8.71. The maximum absolute atomic E-state index is 13.2. The van der Waals surface area contributed by atoms with Gasteiger partial charge in [0.05, 0.1) is 11.8 Å². The van der Waals surface area contributed by atoms with E-state index in [0.29, 0.717) is 37.1 Å². The van der Waals surface area contributed by atoms with Crippen molar-refractivity contribution in [3.63, 3.8) is 0 Å². The number of carbonyl (C=O) groups is 4. The Morgan fingerprint density at radius 2 is 1.80 bits per heavy atom. The fourth-order valence-corrected chi connectivity index (χ4v) is 4.62. The summed E-state index contributed by atoms with van der Waals surface area (Å²) in [5, 5.41) is 5.63. The Hall–Kier alpha value is -2.96. The summed E-state index contributed by atoms with van der Waals surface area (Å²) in [6.07, 6.45) is 6.10. The third kappa shape index (κ3) is 3.64. The average Bonchev–Trinajstić information content (AvgIpc) is 2.97. The molecule has 0 bridgehead atoms. The highest BCUT2D eigenvalue weighted by Gasteiger charge is 2.51. The van der Waals surface area contributed by atoms with Crippen LogP contribution in [-0.4, -0.2) is 41.1 Å². The molecule has 0 unspecified atom stereocenters. The van der Waals surface area contributed by atoms with E-state index in [1.807, 2.05) is 32.1 Å². The number of carbonyl (C=O) groups excluding carboxylic acids is 4. The first kappa shape index (κ1) is 20.3. The molecule has 0 saturated carbocycles. The van der Waals surface area contributed by atoms with Gasteiger partial charge in [-0.3, -0.25) is 24.1 Å². The van der Waals surface area contributed by atoms with Gasteiger partial charge >= 0.3 is 0 Å². The van der Waals surface area contributed by atoms with Crippen LogP contribution in [0.1, 0.15) is 49.0 Å². The Balaban J connectivity index is 1.58. The summed E-state index contributed by atoms with van der Waals surface area (Å²) < 4.78 is 0. The van der Waals surface area contributed by atoms with Crippen LogP contribution in [0.25, 0.3) is 0 Å². The first-order valence-corrected chi connectivity index (χ1v) is 10.6. The molecule has 1 aromatic rings. The van der Waals surface area contributed by atoms with E-state index in [2.05, 4.69) is 10.6 Å². The van der Waals surface area contributed by atoms with E-state index in [9.17, 15) is 19.2 Å². The normalized spacial score (nSPS) is 23.8. The van der Waals surface area contributed by atoms with Gasteiger partial charge in [0.1, 0.15) is 6.04 Å². The summed E-state index contributed by atoms with van der Waals surface area (Å²) >= 11 is 0. The van der Waals surface area contributed by atoms with Crippen molar-refractivity contribution >= 4 is 29.3 Å². The van der Waals surface area contributed by atoms with E-state index in [4.69, 9.17) is 0 Å². The number of imide groups is 1. The fraction of sp³-hybridized carbons (Fsp3) is 0.478. The average molecular weight is 409 g/mol. The van der Waals surface area contributed by atoms with Crippen molar-refractivity contribution in [1.29, 1.82) is 0 Å². The molecule has 2 aliphatic heterocycles. The molecule has 1 aliphatic carbocycles. The lowest BCUT2D eigenvalue weighted by Crippen LogP contribution is -2.48. The molecule has 1 fully saturated rings. The van der Waals surface area contributed by atoms with Crippen molar-refractivity contribution in [2.45, 2.75) is 45.6 Å². The Kier molecular flexibility index (Phi) is 5.45. The number of hydrogen-bond donors (Lipinski definition) is 2. The van der Waals surface area contributed by atoms with E-state index in [0.717, 1.165) is 12.0 Å². The van der Waals surface area contributed by atoms with Gasteiger partial charge in [0, 0.05) is 17.8 Å². The number of allylic oxidation sites excluding steroid dienone is 2. The molecule has 3 atom stereocenters. The molecule has 2 N–H and O–H groups in total. The molecule has 7 nitrogen and oxygen atoms in total. The highest BCUT2D eigenvalue weighted by molar-refractivity contribution is 6.10. The third-order valence-corrected chi connectivity index (χ3v) is 6.15. The van der Waals surface area contributed by atoms with E-state index >= 15 is 0 Å². The van der Waals surface area contributed by atoms with Crippen molar-refractivity contribution in [3.05, 3.63) is 41.5 Å². The molecule has 0 spiro atoms. The van der Waals surface area contributed by atoms with Gasteiger partial charge in [-0.05, 0) is 49.3 Å². The van der Waals surface area contributed by atoms with Gasteiger partial charge in [-0.25, -0.2) is 0 Å². The fourth-order valence-electron chi connectivity index (χ4n) is 4.62. The number of benzene rings is 1. The molecule has 1 saturated heterocycles. The van der Waals surface area contributed by atoms with Crippen LogP contribution in [0.3, 0.4) is 0 Å². The SMILES string of the molecule is CC(C)C[C@H](C(=O)Nc1ccc2c(c1)C(=O)NCC2)N1C(=O)[C@H]2CC=CC[C@H]2C1=O. The van der Waals surface area contributed by atoms with E-state index in [-0.39, 0.29) is 35.5 Å². The third-order valence-electron chi connectivity index (χ3n) is 6.15. The maximum Gasteiger partial charge on any atom is 0.251 e. The zero-order valence-electron chi connectivity index (χ0n) is 17.3. The Labute approximate surface area is 175 Å². The molecule has 158 valence electrons. The van der Waals surface area contributed by atoms with Gasteiger partial charge in [0.25, 0.3) is 5.91 Å². The summed E-state index contributed by atoms with van der Waals surface area (Å²) in [7, 11) is 0. The Morgan fingerprint density at radius 3 is 2.43 bits per heavy atom. The smallest absolute Gasteiger partial charge is 0.251 e. The predicted octanol–water partition coefficient (Wildman–Crippen LogP) is 2.28. The van der Waals surface area contributed by atoms with Gasteiger partial charge < -0.3 is 10.6 Å². The number of fused-ring (bicyclic) bond motifs is 2. The predicted molar refractivity (Wildman–Crippen MR) is 112 cm³/mol. The first-order valence-electron chi connectivity index (χ1n) is 10.6. The number of hydrogen-bond acceptors (Lipinski definition) is 4. The van der Waals surface area contributed by atoms with E-state index < -0.39 is 11.9 Å². The van der Waals surface area contributed by atoms with Crippen molar-refractivity contribution in [1.82, 2.24) is 10.2 Å². The van der Waals surface area contributed by atoms with Crippen LogP contribution in [0.15, 0.2) is 30.4 Å². The molecule has 4 rings (SSSR count). The topological polar surface area (TPSA) is 95.6 Å². The van der Waals surface area contributed by atoms with Crippen LogP contribution < -0.4 is 10.6 Å². The molecular weight excluding hydrogens is 382 g/mol. The molecule has 2 heterocycles. The Morgan fingerprint density at radius 1 is 1.13 bits per heavy atom. The lowest BCUT2D eigenvalue weighted by molar-refractivity contribution is -0.147. The molecule has 0 radical (unpaired) electrons. The minimum Gasteiger partial charge on any atom is -0.352 e. The van der Waals surface area contributed by atoms with Crippen LogP contribution in [0.2, 0.25) is 0 Å². The highest BCUT2D eigenvalue weighted by atomic mass is 16.2. The number of likely N-dealkylation sites (tertiary alicyclic amines) is 1. The summed E-state index contributed by atoms with van der Waals surface area (Å²) in [5.41, 5.74) is 1.98. The van der Waals surface area contributed by atoms with Gasteiger partial charge in [-0.15, -0.1) is 0 Å². The summed E-state index contributed by atoms with van der Waals surface area (Å²) in [4.78, 5) is 52.5. The number of nitrogens with zero attached hydrogens (tertiary/aromatic N) is 1. The van der Waals surface area contributed by atoms with Crippen LogP contribution in [0.5, 0.6) is 0 Å². The van der Waals surface area contributed by atoms with Crippen molar-refractivity contribution in [2.75, 3.05) is 11.9 Å². The zero-order valence-corrected chi connectivity index (χ0v) is 17.3. The van der Waals surface area contributed by atoms with Crippen LogP contribution >= 0.6 is 0 Å². The van der Waals surface area contributed by atoms with Crippen molar-refractivity contribution in [2.24, 2.45) is 17.8 Å². The molecule has 3 aliphatic rings. The maximum atomic E-state index is 13.2. The van der Waals surface area contributed by atoms with E-state index in [1.165, 1.54) is 4.90 Å². The van der Waals surface area contributed by atoms with E-state index in [1.54, 1.807) is 12.1 Å². The number of amides is 4. The number of rotatable bonds is 5.